The number of ketones is 1. The van der Waals surface area contributed by atoms with Crippen LogP contribution in [0.5, 0.6) is 0 Å². The van der Waals surface area contributed by atoms with Gasteiger partial charge in [0.2, 0.25) is 5.78 Å². The van der Waals surface area contributed by atoms with Crippen LogP contribution in [-0.4, -0.2) is 44.6 Å². The fraction of sp³-hybridized carbons (Fsp3) is 0.391. The maximum absolute atomic E-state index is 13.4. The number of aliphatic hydroxyl groups excluding tert-OH is 1. The number of fused-ring (bicyclic) bond motifs is 1. The van der Waals surface area contributed by atoms with Gasteiger partial charge in [-0.2, -0.15) is 0 Å². The summed E-state index contributed by atoms with van der Waals surface area (Å²) in [6.45, 7) is 2.60. The second-order valence-corrected chi connectivity index (χ2v) is 10.0. The Labute approximate surface area is 194 Å². The number of ether oxygens (including phenoxy) is 1. The zero-order valence-electron chi connectivity index (χ0n) is 17.5. The highest BCUT2D eigenvalue weighted by Crippen LogP contribution is 2.40. The number of nitrogens with one attached hydrogen (secondary N) is 1. The van der Waals surface area contributed by atoms with Crippen molar-refractivity contribution in [2.75, 3.05) is 11.9 Å². The summed E-state index contributed by atoms with van der Waals surface area (Å²) >= 11 is 7.79. The molecular weight excluding hydrogens is 448 g/mol. The van der Waals surface area contributed by atoms with Gasteiger partial charge in [-0.15, -0.1) is 11.3 Å². The van der Waals surface area contributed by atoms with E-state index in [4.69, 9.17) is 16.3 Å². The van der Waals surface area contributed by atoms with Crippen molar-refractivity contribution in [2.45, 2.75) is 44.4 Å². The number of hydrogen-bond donors (Lipinski definition) is 2. The molecule has 0 unspecified atom stereocenters. The Hall–Kier alpha value is -2.39. The highest BCUT2D eigenvalue weighted by atomic mass is 35.5. The molecule has 0 bridgehead atoms. The van der Waals surface area contributed by atoms with Gasteiger partial charge < -0.3 is 15.2 Å². The van der Waals surface area contributed by atoms with Crippen LogP contribution in [0.4, 0.5) is 5.82 Å². The third-order valence-corrected chi connectivity index (χ3v) is 7.57. The topological polar surface area (TPSA) is 97.2 Å². The number of aromatic nitrogens is 3. The minimum atomic E-state index is -0.392. The zero-order valence-corrected chi connectivity index (χ0v) is 19.1. The van der Waals surface area contributed by atoms with E-state index in [9.17, 15) is 9.90 Å². The van der Waals surface area contributed by atoms with Gasteiger partial charge >= 0.3 is 0 Å². The SMILES string of the molecule is C[C@@H]1C[C@@H](Nc2ncncc2C(=O)c2cc([C@@H]3OCCc4cccnc43)c(Cl)s2)C[C@@H]1O. The molecule has 2 N–H and O–H groups in total. The second-order valence-electron chi connectivity index (χ2n) is 8.36. The molecule has 1 aliphatic carbocycles. The van der Waals surface area contributed by atoms with Crippen LogP contribution in [0.1, 0.15) is 57.9 Å². The van der Waals surface area contributed by atoms with Crippen LogP contribution in [0.3, 0.4) is 0 Å². The predicted octanol–water partition coefficient (Wildman–Crippen LogP) is 4.05. The highest BCUT2D eigenvalue weighted by Gasteiger charge is 2.32. The molecule has 0 aromatic carbocycles. The fourth-order valence-corrected chi connectivity index (χ4v) is 5.72. The van der Waals surface area contributed by atoms with Crippen molar-refractivity contribution < 1.29 is 14.6 Å². The average Bonchev–Trinajstić information content (AvgIpc) is 3.34. The summed E-state index contributed by atoms with van der Waals surface area (Å²) in [6, 6.07) is 5.81. The van der Waals surface area contributed by atoms with E-state index in [1.54, 1.807) is 12.3 Å². The van der Waals surface area contributed by atoms with Crippen LogP contribution in [0.15, 0.2) is 36.9 Å². The van der Waals surface area contributed by atoms with Gasteiger partial charge in [-0.1, -0.05) is 24.6 Å². The van der Waals surface area contributed by atoms with Crippen LogP contribution in [0, 0.1) is 5.92 Å². The van der Waals surface area contributed by atoms with Gasteiger partial charge in [0.15, 0.2) is 0 Å². The van der Waals surface area contributed by atoms with Crippen molar-refractivity contribution in [3.05, 3.63) is 68.5 Å². The van der Waals surface area contributed by atoms with E-state index in [0.29, 0.717) is 33.6 Å². The first-order valence-corrected chi connectivity index (χ1v) is 11.8. The number of aliphatic hydroxyl groups is 1. The molecule has 5 rings (SSSR count). The van der Waals surface area contributed by atoms with Gasteiger partial charge in [0.05, 0.1) is 33.2 Å². The van der Waals surface area contributed by atoms with Gasteiger partial charge in [0, 0.05) is 24.0 Å². The van der Waals surface area contributed by atoms with E-state index >= 15 is 0 Å². The largest absolute Gasteiger partial charge is 0.393 e. The number of hydrogen-bond acceptors (Lipinski definition) is 8. The van der Waals surface area contributed by atoms with E-state index in [2.05, 4.69) is 20.3 Å². The maximum atomic E-state index is 13.4. The molecule has 0 radical (unpaired) electrons. The lowest BCUT2D eigenvalue weighted by atomic mass is 9.99. The van der Waals surface area contributed by atoms with Crippen molar-refractivity contribution in [1.82, 2.24) is 15.0 Å². The van der Waals surface area contributed by atoms with Crippen LogP contribution >= 0.6 is 22.9 Å². The van der Waals surface area contributed by atoms with Crippen LogP contribution in [0.25, 0.3) is 0 Å². The van der Waals surface area contributed by atoms with E-state index in [1.807, 2.05) is 19.1 Å². The second kappa shape index (κ2) is 8.86. The number of halogens is 1. The fourth-order valence-electron chi connectivity index (χ4n) is 4.46. The van der Waals surface area contributed by atoms with Gasteiger partial charge in [0.1, 0.15) is 18.2 Å². The average molecular weight is 471 g/mol. The van der Waals surface area contributed by atoms with E-state index < -0.39 is 6.10 Å². The number of thiophene rings is 1. The highest BCUT2D eigenvalue weighted by molar-refractivity contribution is 7.18. The predicted molar refractivity (Wildman–Crippen MR) is 122 cm³/mol. The van der Waals surface area contributed by atoms with Crippen molar-refractivity contribution in [2.24, 2.45) is 5.92 Å². The Morgan fingerprint density at radius 2 is 2.22 bits per heavy atom. The Bertz CT molecular complexity index is 1140. The number of nitrogens with zero attached hydrogens (tertiary/aromatic N) is 3. The zero-order chi connectivity index (χ0) is 22.2. The van der Waals surface area contributed by atoms with E-state index in [0.717, 1.165) is 29.7 Å². The van der Waals surface area contributed by atoms with Crippen molar-refractivity contribution in [1.29, 1.82) is 0 Å². The molecule has 0 amide bonds. The number of carbonyl (C=O) groups is 1. The molecule has 1 fully saturated rings. The normalized spacial score (nSPS) is 24.8. The summed E-state index contributed by atoms with van der Waals surface area (Å²) in [5.41, 5.74) is 3.11. The molecule has 4 heterocycles. The van der Waals surface area contributed by atoms with Gasteiger partial charge in [0.25, 0.3) is 0 Å². The summed E-state index contributed by atoms with van der Waals surface area (Å²) in [5, 5.41) is 13.4. The van der Waals surface area contributed by atoms with Crippen LogP contribution in [-0.2, 0) is 11.2 Å². The van der Waals surface area contributed by atoms with Gasteiger partial charge in [-0.25, -0.2) is 9.97 Å². The Balaban J connectivity index is 1.42. The maximum Gasteiger partial charge on any atom is 0.208 e. The monoisotopic (exact) mass is 470 g/mol. The third-order valence-electron chi connectivity index (χ3n) is 6.19. The third kappa shape index (κ3) is 4.03. The minimum absolute atomic E-state index is 0.0575. The van der Waals surface area contributed by atoms with Crippen molar-refractivity contribution in [3.8, 4) is 0 Å². The van der Waals surface area contributed by atoms with E-state index in [-0.39, 0.29) is 23.8 Å². The summed E-state index contributed by atoms with van der Waals surface area (Å²) in [7, 11) is 0. The van der Waals surface area contributed by atoms with Gasteiger partial charge in [-0.3, -0.25) is 9.78 Å². The quantitative estimate of drug-likeness (QED) is 0.543. The Morgan fingerprint density at radius 3 is 3.03 bits per heavy atom. The van der Waals surface area contributed by atoms with Gasteiger partial charge in [-0.05, 0) is 42.9 Å². The molecule has 0 saturated heterocycles. The molecule has 1 saturated carbocycles. The first-order valence-electron chi connectivity index (χ1n) is 10.6. The standard InChI is InChI=1S/C23H23ClN4O3S/c1-12-7-14(8-17(12)29)28-23-16(10-25-11-27-23)20(30)18-9-15(22(24)32-18)21-19-13(4-6-31-21)3-2-5-26-19/h2-3,5,9-12,14,17,21,29H,4,6-8H2,1H3,(H,25,27,28)/t12-,14-,17+,21+/m1/s1. The molecule has 3 aromatic rings. The molecule has 2 aliphatic rings. The van der Waals surface area contributed by atoms with E-state index in [1.165, 1.54) is 23.9 Å². The first-order chi connectivity index (χ1) is 15.5. The summed E-state index contributed by atoms with van der Waals surface area (Å²) in [4.78, 5) is 26.7. The Morgan fingerprint density at radius 1 is 1.34 bits per heavy atom. The molecule has 4 atom stereocenters. The molecule has 1 aliphatic heterocycles. The summed E-state index contributed by atoms with van der Waals surface area (Å²) < 4.78 is 6.50. The number of pyridine rings is 1. The minimum Gasteiger partial charge on any atom is -0.393 e. The molecular formula is C23H23ClN4O3S. The Kier molecular flexibility index (Phi) is 5.94. The lowest BCUT2D eigenvalue weighted by molar-refractivity contribution is 0.0667. The molecule has 9 heteroatoms. The van der Waals surface area contributed by atoms with Crippen LogP contribution in [0.2, 0.25) is 4.34 Å². The number of carbonyl (C=O) groups excluding carboxylic acids is 1. The number of rotatable bonds is 5. The molecule has 166 valence electrons. The first kappa shape index (κ1) is 21.5. The summed E-state index contributed by atoms with van der Waals surface area (Å²) in [6.07, 6.45) is 6.19. The lowest BCUT2D eigenvalue weighted by Gasteiger charge is -2.24. The molecule has 32 heavy (non-hydrogen) atoms. The van der Waals surface area contributed by atoms with Crippen molar-refractivity contribution >= 4 is 34.5 Å². The lowest BCUT2D eigenvalue weighted by Crippen LogP contribution is -2.20. The summed E-state index contributed by atoms with van der Waals surface area (Å²) in [5.74, 6) is 0.484. The molecule has 0 spiro atoms. The van der Waals surface area contributed by atoms with Crippen molar-refractivity contribution in [3.63, 3.8) is 0 Å². The smallest absolute Gasteiger partial charge is 0.208 e. The molecule has 3 aromatic heterocycles. The number of anilines is 1. The molecule has 7 nitrogen and oxygen atoms in total. The van der Waals surface area contributed by atoms with Crippen LogP contribution < -0.4 is 5.32 Å².